The zero-order valence-electron chi connectivity index (χ0n) is 19.6. The van der Waals surface area contributed by atoms with Gasteiger partial charge < -0.3 is 29.9 Å². The molecule has 0 heterocycles. The Morgan fingerprint density at radius 1 is 1.26 bits per heavy atom. The van der Waals surface area contributed by atoms with Gasteiger partial charge in [-0.05, 0) is 72.4 Å². The number of benzene rings is 1. The SMILES string of the molecule is COc1cc(C=O)cc(I)c1O[C@H]1C=C(C(=O)NCCO)C[C@@H](N(CC2CC2)C(=O)C2CC2)[C@@H]1O. The highest BCUT2D eigenvalue weighted by Gasteiger charge is 2.45. The minimum atomic E-state index is -1.07. The lowest BCUT2D eigenvalue weighted by atomic mass is 9.87. The van der Waals surface area contributed by atoms with Crippen LogP contribution in [0.4, 0.5) is 0 Å². The van der Waals surface area contributed by atoms with Crippen LogP contribution in [0, 0.1) is 15.4 Å². The van der Waals surface area contributed by atoms with Crippen LogP contribution in [-0.2, 0) is 9.59 Å². The van der Waals surface area contributed by atoms with E-state index in [0.29, 0.717) is 45.0 Å². The van der Waals surface area contributed by atoms with Gasteiger partial charge in [0.2, 0.25) is 11.8 Å². The topological polar surface area (TPSA) is 125 Å². The monoisotopic (exact) mass is 598 g/mol. The Bertz CT molecular complexity index is 1010. The molecular formula is C25H31IN2O7. The van der Waals surface area contributed by atoms with Crippen LogP contribution < -0.4 is 14.8 Å². The fourth-order valence-corrected chi connectivity index (χ4v) is 5.12. The van der Waals surface area contributed by atoms with E-state index in [1.54, 1.807) is 23.1 Å². The first kappa shape index (κ1) is 25.9. The number of methoxy groups -OCH3 is 1. The van der Waals surface area contributed by atoms with Gasteiger partial charge in [-0.3, -0.25) is 14.4 Å². The number of carbonyl (C=O) groups excluding carboxylic acids is 3. The summed E-state index contributed by atoms with van der Waals surface area (Å²) in [6.07, 6.45) is 4.28. The standard InChI is InChI=1S/C25H31IN2O7/c1-34-21-9-15(13-30)8-18(26)23(21)35-20-11-17(24(32)27-6-7-29)10-19(22(20)31)28(12-14-2-3-14)25(33)16-4-5-16/h8-9,11,13-14,16,19-20,22,29,31H,2-7,10,12H2,1H3,(H,27,32)/t19-,20+,22+/m1/s1. The lowest BCUT2D eigenvalue weighted by molar-refractivity contribution is -0.140. The summed E-state index contributed by atoms with van der Waals surface area (Å²) in [6.45, 7) is 0.461. The molecule has 2 fully saturated rings. The second kappa shape index (κ2) is 11.3. The third-order valence-corrected chi connectivity index (χ3v) is 7.42. The van der Waals surface area contributed by atoms with Gasteiger partial charge in [0.05, 0.1) is 23.3 Å². The number of ether oxygens (including phenoxy) is 2. The zero-order chi connectivity index (χ0) is 25.1. The maximum Gasteiger partial charge on any atom is 0.247 e. The summed E-state index contributed by atoms with van der Waals surface area (Å²) in [6, 6.07) is 2.57. The number of amides is 2. The van der Waals surface area contributed by atoms with Crippen molar-refractivity contribution in [1.82, 2.24) is 10.2 Å². The lowest BCUT2D eigenvalue weighted by Gasteiger charge is -2.41. The number of nitrogens with zero attached hydrogens (tertiary/aromatic N) is 1. The fraction of sp³-hybridized carbons (Fsp3) is 0.560. The minimum Gasteiger partial charge on any atom is -0.493 e. The average Bonchev–Trinajstić information content (AvgIpc) is 3.77. The third-order valence-electron chi connectivity index (χ3n) is 6.62. The molecule has 9 nitrogen and oxygen atoms in total. The second-order valence-corrected chi connectivity index (χ2v) is 10.5. The van der Waals surface area contributed by atoms with Crippen molar-refractivity contribution in [2.75, 3.05) is 26.8 Å². The largest absolute Gasteiger partial charge is 0.493 e. The number of halogens is 1. The predicted molar refractivity (Wildman–Crippen MR) is 135 cm³/mol. The van der Waals surface area contributed by atoms with Crippen LogP contribution in [0.2, 0.25) is 0 Å². The minimum absolute atomic E-state index is 0.0187. The van der Waals surface area contributed by atoms with Gasteiger partial charge in [-0.25, -0.2) is 0 Å². The van der Waals surface area contributed by atoms with Gasteiger partial charge >= 0.3 is 0 Å². The summed E-state index contributed by atoms with van der Waals surface area (Å²) in [5.41, 5.74) is 0.813. The number of aliphatic hydroxyl groups excluding tert-OH is 2. The van der Waals surface area contributed by atoms with Gasteiger partial charge in [0, 0.05) is 36.6 Å². The van der Waals surface area contributed by atoms with Crippen molar-refractivity contribution < 1.29 is 34.1 Å². The Morgan fingerprint density at radius 2 is 2.00 bits per heavy atom. The highest BCUT2D eigenvalue weighted by molar-refractivity contribution is 14.1. The molecule has 0 unspecified atom stereocenters. The van der Waals surface area contributed by atoms with Gasteiger partial charge in [0.15, 0.2) is 11.5 Å². The van der Waals surface area contributed by atoms with E-state index in [0.717, 1.165) is 25.7 Å². The van der Waals surface area contributed by atoms with Crippen LogP contribution in [0.1, 0.15) is 42.5 Å². The van der Waals surface area contributed by atoms with Crippen molar-refractivity contribution in [2.45, 2.75) is 50.4 Å². The van der Waals surface area contributed by atoms with Crippen LogP contribution in [0.5, 0.6) is 11.5 Å². The summed E-state index contributed by atoms with van der Waals surface area (Å²) >= 11 is 2.03. The van der Waals surface area contributed by atoms with E-state index < -0.39 is 18.2 Å². The first-order valence-corrected chi connectivity index (χ1v) is 13.0. The molecule has 35 heavy (non-hydrogen) atoms. The molecule has 0 saturated heterocycles. The van der Waals surface area contributed by atoms with Crippen LogP contribution in [-0.4, -0.2) is 78.3 Å². The summed E-state index contributed by atoms with van der Waals surface area (Å²) in [7, 11) is 1.46. The molecule has 4 rings (SSSR count). The average molecular weight is 598 g/mol. The third kappa shape index (κ3) is 6.15. The second-order valence-electron chi connectivity index (χ2n) is 9.38. The maximum absolute atomic E-state index is 13.2. The Hall–Kier alpha value is -2.18. The van der Waals surface area contributed by atoms with E-state index in [9.17, 15) is 19.5 Å². The van der Waals surface area contributed by atoms with E-state index in [1.807, 2.05) is 22.6 Å². The molecular weight excluding hydrogens is 567 g/mol. The first-order valence-electron chi connectivity index (χ1n) is 11.9. The highest BCUT2D eigenvalue weighted by Crippen LogP contribution is 2.40. The van der Waals surface area contributed by atoms with Crippen molar-refractivity contribution in [2.24, 2.45) is 11.8 Å². The Morgan fingerprint density at radius 3 is 2.60 bits per heavy atom. The molecule has 0 spiro atoms. The van der Waals surface area contributed by atoms with E-state index in [2.05, 4.69) is 5.32 Å². The van der Waals surface area contributed by atoms with Gasteiger partial charge in [0.1, 0.15) is 18.5 Å². The van der Waals surface area contributed by atoms with Gasteiger partial charge in [-0.1, -0.05) is 0 Å². The summed E-state index contributed by atoms with van der Waals surface area (Å²) in [5, 5.41) is 23.2. The molecule has 2 amide bonds. The van der Waals surface area contributed by atoms with Gasteiger partial charge in [-0.2, -0.15) is 0 Å². The van der Waals surface area contributed by atoms with E-state index in [-0.39, 0.29) is 37.3 Å². The Balaban J connectivity index is 1.66. The zero-order valence-corrected chi connectivity index (χ0v) is 21.8. The Labute approximate surface area is 218 Å². The molecule has 190 valence electrons. The van der Waals surface area contributed by atoms with Crippen molar-refractivity contribution in [1.29, 1.82) is 0 Å². The molecule has 0 aromatic heterocycles. The number of rotatable bonds is 11. The van der Waals surface area contributed by atoms with E-state index in [1.165, 1.54) is 7.11 Å². The lowest BCUT2D eigenvalue weighted by Crippen LogP contribution is -2.56. The number of hydrogen-bond donors (Lipinski definition) is 3. The molecule has 0 radical (unpaired) electrons. The predicted octanol–water partition coefficient (Wildman–Crippen LogP) is 1.68. The highest BCUT2D eigenvalue weighted by atomic mass is 127. The quantitative estimate of drug-likeness (QED) is 0.262. The molecule has 0 aliphatic heterocycles. The Kier molecular flexibility index (Phi) is 8.33. The van der Waals surface area contributed by atoms with Crippen LogP contribution in [0.3, 0.4) is 0 Å². The molecule has 2 saturated carbocycles. The van der Waals surface area contributed by atoms with E-state index >= 15 is 0 Å². The maximum atomic E-state index is 13.2. The molecule has 3 aliphatic rings. The molecule has 3 atom stereocenters. The van der Waals surface area contributed by atoms with Gasteiger partial charge in [0.25, 0.3) is 0 Å². The molecule has 10 heteroatoms. The van der Waals surface area contributed by atoms with E-state index in [4.69, 9.17) is 14.6 Å². The summed E-state index contributed by atoms with van der Waals surface area (Å²) in [4.78, 5) is 39.1. The molecule has 0 bridgehead atoms. The van der Waals surface area contributed by atoms with Crippen molar-refractivity contribution in [3.05, 3.63) is 32.9 Å². The van der Waals surface area contributed by atoms with Crippen LogP contribution in [0.15, 0.2) is 23.8 Å². The number of hydrogen-bond acceptors (Lipinski definition) is 7. The fourth-order valence-electron chi connectivity index (χ4n) is 4.37. The van der Waals surface area contributed by atoms with Crippen molar-refractivity contribution in [3.8, 4) is 11.5 Å². The summed E-state index contributed by atoms with van der Waals surface area (Å²) in [5.74, 6) is 0.731. The molecule has 3 aliphatic carbocycles. The van der Waals surface area contributed by atoms with Crippen LogP contribution >= 0.6 is 22.6 Å². The summed E-state index contributed by atoms with van der Waals surface area (Å²) < 4.78 is 12.3. The smallest absolute Gasteiger partial charge is 0.247 e. The number of aldehydes is 1. The van der Waals surface area contributed by atoms with Crippen molar-refractivity contribution >= 4 is 40.7 Å². The van der Waals surface area contributed by atoms with Crippen molar-refractivity contribution in [3.63, 3.8) is 0 Å². The molecule has 3 N–H and O–H groups in total. The molecule has 1 aromatic rings. The number of nitrogens with one attached hydrogen (secondary N) is 1. The van der Waals surface area contributed by atoms with Gasteiger partial charge in [-0.15, -0.1) is 0 Å². The number of aliphatic hydroxyl groups is 2. The van der Waals surface area contributed by atoms with Crippen LogP contribution in [0.25, 0.3) is 0 Å². The molecule has 1 aromatic carbocycles. The first-order chi connectivity index (χ1) is 16.9. The normalized spacial score (nSPS) is 23.8. The number of carbonyl (C=O) groups is 3.